The zero-order chi connectivity index (χ0) is 17.9. The summed E-state index contributed by atoms with van der Waals surface area (Å²) >= 11 is 1.72. The van der Waals surface area contributed by atoms with E-state index in [9.17, 15) is 14.4 Å². The van der Waals surface area contributed by atoms with Crippen LogP contribution in [0.4, 0.5) is 0 Å². The van der Waals surface area contributed by atoms with Crippen molar-refractivity contribution in [3.8, 4) is 0 Å². The van der Waals surface area contributed by atoms with E-state index in [1.807, 2.05) is 31.0 Å². The lowest BCUT2D eigenvalue weighted by molar-refractivity contribution is -0.129. The van der Waals surface area contributed by atoms with Crippen LogP contribution in [0.25, 0.3) is 0 Å². The third-order valence-electron chi connectivity index (χ3n) is 3.76. The van der Waals surface area contributed by atoms with E-state index in [0.717, 1.165) is 35.3 Å². The first-order valence-electron chi connectivity index (χ1n) is 8.23. The Morgan fingerprint density at radius 2 is 2.04 bits per heavy atom. The summed E-state index contributed by atoms with van der Waals surface area (Å²) in [5.41, 5.74) is 1.59. The number of hydrogen-bond donors (Lipinski definition) is 1. The van der Waals surface area contributed by atoms with Gasteiger partial charge in [-0.15, -0.1) is 11.8 Å². The predicted molar refractivity (Wildman–Crippen MR) is 97.2 cm³/mol. The number of rotatable bonds is 11. The molecule has 2 amide bonds. The van der Waals surface area contributed by atoms with Gasteiger partial charge in [-0.2, -0.15) is 0 Å². The first-order chi connectivity index (χ1) is 11.6. The Hall–Kier alpha value is -1.66. The van der Waals surface area contributed by atoms with Gasteiger partial charge in [0.05, 0.1) is 6.04 Å². The number of carbonyl (C=O) groups excluding carboxylic acids is 3. The average Bonchev–Trinajstić information content (AvgIpc) is 2.58. The van der Waals surface area contributed by atoms with E-state index in [2.05, 4.69) is 12.2 Å². The molecule has 1 atom stereocenters. The summed E-state index contributed by atoms with van der Waals surface area (Å²) in [5.74, 6) is 0.670. The van der Waals surface area contributed by atoms with Crippen LogP contribution in [0.1, 0.15) is 49.0 Å². The summed E-state index contributed by atoms with van der Waals surface area (Å²) in [4.78, 5) is 37.1. The molecule has 0 saturated heterocycles. The fraction of sp³-hybridized carbons (Fsp3) is 0.500. The summed E-state index contributed by atoms with van der Waals surface area (Å²) in [6.07, 6.45) is 3.80. The number of thioether (sulfide) groups is 1. The van der Waals surface area contributed by atoms with Crippen LogP contribution in [0.2, 0.25) is 0 Å². The number of aldehydes is 1. The van der Waals surface area contributed by atoms with Crippen LogP contribution < -0.4 is 5.32 Å². The van der Waals surface area contributed by atoms with Crippen LogP contribution in [0.3, 0.4) is 0 Å². The van der Waals surface area contributed by atoms with Gasteiger partial charge in [0, 0.05) is 17.0 Å². The van der Waals surface area contributed by atoms with Gasteiger partial charge in [-0.3, -0.25) is 24.6 Å². The molecule has 0 radical (unpaired) electrons. The second-order valence-corrected chi connectivity index (χ2v) is 6.77. The molecule has 0 aromatic heterocycles. The van der Waals surface area contributed by atoms with Crippen molar-refractivity contribution >= 4 is 30.4 Å². The number of carbonyl (C=O) groups is 3. The van der Waals surface area contributed by atoms with E-state index in [4.69, 9.17) is 0 Å². The maximum absolute atomic E-state index is 12.1. The quantitative estimate of drug-likeness (QED) is 0.491. The zero-order valence-electron chi connectivity index (χ0n) is 14.6. The largest absolute Gasteiger partial charge is 0.298 e. The second kappa shape index (κ2) is 11.0. The van der Waals surface area contributed by atoms with Gasteiger partial charge in [-0.25, -0.2) is 0 Å². The summed E-state index contributed by atoms with van der Waals surface area (Å²) in [6.45, 7) is 4.60. The van der Waals surface area contributed by atoms with Crippen LogP contribution in [-0.2, 0) is 16.1 Å². The van der Waals surface area contributed by atoms with Crippen LogP contribution in [0.15, 0.2) is 23.1 Å². The molecule has 1 aromatic carbocycles. The highest BCUT2D eigenvalue weighted by Crippen LogP contribution is 2.27. The van der Waals surface area contributed by atoms with Crippen molar-refractivity contribution in [3.05, 3.63) is 29.3 Å². The molecule has 0 heterocycles. The highest BCUT2D eigenvalue weighted by Gasteiger charge is 2.23. The maximum Gasteiger partial charge on any atom is 0.243 e. The van der Waals surface area contributed by atoms with E-state index < -0.39 is 6.04 Å². The molecule has 6 heteroatoms. The van der Waals surface area contributed by atoms with Gasteiger partial charge in [0.15, 0.2) is 0 Å². The Morgan fingerprint density at radius 3 is 2.62 bits per heavy atom. The molecule has 0 spiro atoms. The number of hydrogen-bond acceptors (Lipinski definition) is 5. The van der Waals surface area contributed by atoms with Gasteiger partial charge in [-0.1, -0.05) is 32.4 Å². The summed E-state index contributed by atoms with van der Waals surface area (Å²) < 4.78 is 0. The van der Waals surface area contributed by atoms with Crippen molar-refractivity contribution in [2.45, 2.75) is 50.6 Å². The minimum absolute atomic E-state index is 0.305. The summed E-state index contributed by atoms with van der Waals surface area (Å²) in [5, 5.41) is 2.24. The Kier molecular flexibility index (Phi) is 9.34. The van der Waals surface area contributed by atoms with Gasteiger partial charge in [0.25, 0.3) is 0 Å². The van der Waals surface area contributed by atoms with Crippen molar-refractivity contribution < 1.29 is 14.4 Å². The minimum Gasteiger partial charge on any atom is -0.298 e. The Bertz CT molecular complexity index is 563. The van der Waals surface area contributed by atoms with Crippen LogP contribution in [0.5, 0.6) is 0 Å². The third kappa shape index (κ3) is 5.76. The lowest BCUT2D eigenvalue weighted by atomic mass is 10.1. The topological polar surface area (TPSA) is 66.5 Å². The third-order valence-corrected chi connectivity index (χ3v) is 5.07. The Morgan fingerprint density at radius 1 is 1.29 bits per heavy atom. The van der Waals surface area contributed by atoms with Gasteiger partial charge >= 0.3 is 0 Å². The van der Waals surface area contributed by atoms with E-state index in [0.29, 0.717) is 24.9 Å². The van der Waals surface area contributed by atoms with E-state index >= 15 is 0 Å². The van der Waals surface area contributed by atoms with Crippen molar-refractivity contribution in [2.75, 3.05) is 12.8 Å². The number of amides is 2. The van der Waals surface area contributed by atoms with Crippen molar-refractivity contribution in [3.63, 3.8) is 0 Å². The fourth-order valence-electron chi connectivity index (χ4n) is 2.55. The predicted octanol–water partition coefficient (Wildman–Crippen LogP) is 2.87. The number of benzene rings is 1. The molecule has 1 N–H and O–H groups in total. The normalized spacial score (nSPS) is 12.0. The first-order valence-corrected chi connectivity index (χ1v) is 9.21. The number of likely N-dealkylation sites (N-methyl/N-ethyl adjacent to an activating group) is 1. The summed E-state index contributed by atoms with van der Waals surface area (Å²) in [7, 11) is 1.85. The fourth-order valence-corrected chi connectivity index (χ4v) is 3.50. The van der Waals surface area contributed by atoms with Gasteiger partial charge in [-0.05, 0) is 37.3 Å². The standard InChI is InChI=1S/C18H26N2O3S/c1-4-7-16(18(23)19-13-22)20(3)11-15-14(12-21)8-6-9-17(15)24-10-5-2/h6,8-9,12-13,16H,4-5,7,10-11H2,1-3H3,(H,19,22,23). The van der Waals surface area contributed by atoms with Gasteiger partial charge in [0.2, 0.25) is 12.3 Å². The van der Waals surface area contributed by atoms with Crippen molar-refractivity contribution in [1.82, 2.24) is 10.2 Å². The molecule has 0 aliphatic heterocycles. The van der Waals surface area contributed by atoms with Gasteiger partial charge in [0.1, 0.15) is 6.29 Å². The molecule has 24 heavy (non-hydrogen) atoms. The Labute approximate surface area is 148 Å². The van der Waals surface area contributed by atoms with Gasteiger partial charge < -0.3 is 0 Å². The van der Waals surface area contributed by atoms with Crippen LogP contribution in [-0.4, -0.2) is 42.3 Å². The van der Waals surface area contributed by atoms with E-state index in [1.165, 1.54) is 0 Å². The van der Waals surface area contributed by atoms with Crippen LogP contribution >= 0.6 is 11.8 Å². The molecule has 0 saturated carbocycles. The average molecular weight is 350 g/mol. The van der Waals surface area contributed by atoms with E-state index in [1.54, 1.807) is 17.8 Å². The number of imide groups is 1. The minimum atomic E-state index is -0.399. The molecule has 1 aromatic rings. The van der Waals surface area contributed by atoms with Crippen LogP contribution in [0, 0.1) is 0 Å². The number of nitrogens with zero attached hydrogens (tertiary/aromatic N) is 1. The lowest BCUT2D eigenvalue weighted by Crippen LogP contribution is -2.44. The second-order valence-electron chi connectivity index (χ2n) is 5.64. The molecule has 1 rings (SSSR count). The molecule has 1 unspecified atom stereocenters. The highest BCUT2D eigenvalue weighted by atomic mass is 32.2. The molecule has 0 bridgehead atoms. The molecule has 5 nitrogen and oxygen atoms in total. The molecule has 0 aliphatic rings. The number of nitrogens with one attached hydrogen (secondary N) is 1. The first kappa shape index (κ1) is 20.4. The molecule has 132 valence electrons. The molecular weight excluding hydrogens is 324 g/mol. The smallest absolute Gasteiger partial charge is 0.243 e. The monoisotopic (exact) mass is 350 g/mol. The molecular formula is C18H26N2O3S. The van der Waals surface area contributed by atoms with E-state index in [-0.39, 0.29) is 5.91 Å². The SMILES string of the molecule is CCCSc1cccc(C=O)c1CN(C)C(CCC)C(=O)NC=O. The van der Waals surface area contributed by atoms with Crippen molar-refractivity contribution in [1.29, 1.82) is 0 Å². The van der Waals surface area contributed by atoms with Crippen molar-refractivity contribution in [2.24, 2.45) is 0 Å². The highest BCUT2D eigenvalue weighted by molar-refractivity contribution is 7.99. The summed E-state index contributed by atoms with van der Waals surface area (Å²) in [6, 6.07) is 5.29. The Balaban J connectivity index is 3.04. The lowest BCUT2D eigenvalue weighted by Gasteiger charge is -2.27. The maximum atomic E-state index is 12.1. The molecule has 0 fully saturated rings. The molecule has 0 aliphatic carbocycles. The zero-order valence-corrected chi connectivity index (χ0v) is 15.4.